The summed E-state index contributed by atoms with van der Waals surface area (Å²) in [5, 5.41) is 2.58. The van der Waals surface area contributed by atoms with E-state index < -0.39 is 0 Å². The standard InChI is InChI=1S/C16H9BrClF/c17-16-12-4-2-1-3-10(12)5-7-14(16)13-8-6-11(18)9-15(13)19/h1-9H. The Morgan fingerprint density at radius 3 is 2.42 bits per heavy atom. The molecule has 0 nitrogen and oxygen atoms in total. The van der Waals surface area contributed by atoms with Gasteiger partial charge in [-0.1, -0.05) is 48.0 Å². The maximum absolute atomic E-state index is 14.0. The number of hydrogen-bond donors (Lipinski definition) is 0. The molecule has 0 aromatic heterocycles. The minimum atomic E-state index is -0.316. The van der Waals surface area contributed by atoms with Gasteiger partial charge >= 0.3 is 0 Å². The Morgan fingerprint density at radius 1 is 0.895 bits per heavy atom. The van der Waals surface area contributed by atoms with Crippen LogP contribution < -0.4 is 0 Å². The zero-order chi connectivity index (χ0) is 13.4. The summed E-state index contributed by atoms with van der Waals surface area (Å²) in [5.41, 5.74) is 1.37. The van der Waals surface area contributed by atoms with Crippen LogP contribution >= 0.6 is 27.5 Å². The molecule has 3 heteroatoms. The summed E-state index contributed by atoms with van der Waals surface area (Å²) in [4.78, 5) is 0. The van der Waals surface area contributed by atoms with E-state index in [4.69, 9.17) is 11.6 Å². The molecule has 0 saturated heterocycles. The summed E-state index contributed by atoms with van der Waals surface area (Å²) in [6.07, 6.45) is 0. The quantitative estimate of drug-likeness (QED) is 0.507. The van der Waals surface area contributed by atoms with E-state index in [2.05, 4.69) is 15.9 Å². The summed E-state index contributed by atoms with van der Waals surface area (Å²) in [6.45, 7) is 0. The zero-order valence-electron chi connectivity index (χ0n) is 9.83. The number of fused-ring (bicyclic) bond motifs is 1. The average Bonchev–Trinajstić information content (AvgIpc) is 2.41. The Kier molecular flexibility index (Phi) is 3.29. The van der Waals surface area contributed by atoms with Crippen LogP contribution in [0.2, 0.25) is 5.02 Å². The van der Waals surface area contributed by atoms with Crippen molar-refractivity contribution >= 4 is 38.3 Å². The second-order valence-electron chi connectivity index (χ2n) is 4.27. The summed E-state index contributed by atoms with van der Waals surface area (Å²) < 4.78 is 14.9. The van der Waals surface area contributed by atoms with Gasteiger partial charge in [0.05, 0.1) is 0 Å². The third-order valence-electron chi connectivity index (χ3n) is 3.08. The molecule has 0 amide bonds. The van der Waals surface area contributed by atoms with E-state index in [1.54, 1.807) is 12.1 Å². The van der Waals surface area contributed by atoms with E-state index in [0.717, 1.165) is 20.8 Å². The van der Waals surface area contributed by atoms with Gasteiger partial charge in [0, 0.05) is 15.1 Å². The van der Waals surface area contributed by atoms with Gasteiger partial charge in [-0.15, -0.1) is 0 Å². The normalized spacial score (nSPS) is 10.9. The van der Waals surface area contributed by atoms with Crippen LogP contribution in [0.3, 0.4) is 0 Å². The molecule has 0 radical (unpaired) electrons. The number of rotatable bonds is 1. The van der Waals surface area contributed by atoms with Crippen molar-refractivity contribution in [3.8, 4) is 11.1 Å². The Morgan fingerprint density at radius 2 is 1.63 bits per heavy atom. The maximum Gasteiger partial charge on any atom is 0.132 e. The predicted octanol–water partition coefficient (Wildman–Crippen LogP) is 6.06. The van der Waals surface area contributed by atoms with Crippen molar-refractivity contribution in [3.63, 3.8) is 0 Å². The van der Waals surface area contributed by atoms with Crippen LogP contribution in [0.4, 0.5) is 4.39 Å². The lowest BCUT2D eigenvalue weighted by Crippen LogP contribution is -1.87. The predicted molar refractivity (Wildman–Crippen MR) is 82.1 cm³/mol. The molecular formula is C16H9BrClF. The Balaban J connectivity index is 2.28. The molecular weight excluding hydrogens is 327 g/mol. The van der Waals surface area contributed by atoms with Crippen LogP contribution in [0.25, 0.3) is 21.9 Å². The van der Waals surface area contributed by atoms with E-state index in [1.807, 2.05) is 36.4 Å². The SMILES string of the molecule is Fc1cc(Cl)ccc1-c1ccc2ccccc2c1Br. The molecule has 0 unspecified atom stereocenters. The monoisotopic (exact) mass is 334 g/mol. The molecule has 0 aliphatic heterocycles. The minimum absolute atomic E-state index is 0.316. The summed E-state index contributed by atoms with van der Waals surface area (Å²) in [6, 6.07) is 16.6. The molecule has 3 aromatic carbocycles. The van der Waals surface area contributed by atoms with Gasteiger partial charge in [0.2, 0.25) is 0 Å². The molecule has 0 spiro atoms. The van der Waals surface area contributed by atoms with Gasteiger partial charge in [-0.25, -0.2) is 4.39 Å². The van der Waals surface area contributed by atoms with E-state index in [9.17, 15) is 4.39 Å². The molecule has 3 rings (SSSR count). The van der Waals surface area contributed by atoms with Crippen molar-refractivity contribution in [3.05, 3.63) is 69.9 Å². The first-order valence-corrected chi connectivity index (χ1v) is 6.96. The first-order valence-electron chi connectivity index (χ1n) is 5.79. The first kappa shape index (κ1) is 12.6. The van der Waals surface area contributed by atoms with E-state index >= 15 is 0 Å². The van der Waals surface area contributed by atoms with E-state index in [0.29, 0.717) is 10.6 Å². The largest absolute Gasteiger partial charge is 0.206 e. The molecule has 94 valence electrons. The van der Waals surface area contributed by atoms with Crippen molar-refractivity contribution in [1.82, 2.24) is 0 Å². The van der Waals surface area contributed by atoms with Crippen molar-refractivity contribution in [2.24, 2.45) is 0 Å². The molecule has 0 heterocycles. The summed E-state index contributed by atoms with van der Waals surface area (Å²) in [5.74, 6) is -0.316. The third-order valence-corrected chi connectivity index (χ3v) is 4.17. The lowest BCUT2D eigenvalue weighted by atomic mass is 10.0. The van der Waals surface area contributed by atoms with Crippen molar-refractivity contribution in [1.29, 1.82) is 0 Å². The molecule has 0 atom stereocenters. The third kappa shape index (κ3) is 2.26. The topological polar surface area (TPSA) is 0 Å². The van der Waals surface area contributed by atoms with Gasteiger partial charge in [0.25, 0.3) is 0 Å². The van der Waals surface area contributed by atoms with Crippen LogP contribution in [0, 0.1) is 5.82 Å². The zero-order valence-corrected chi connectivity index (χ0v) is 12.2. The van der Waals surface area contributed by atoms with Crippen LogP contribution in [0.1, 0.15) is 0 Å². The van der Waals surface area contributed by atoms with Gasteiger partial charge in [-0.2, -0.15) is 0 Å². The summed E-state index contributed by atoms with van der Waals surface area (Å²) in [7, 11) is 0. The van der Waals surface area contributed by atoms with Gasteiger partial charge in [-0.3, -0.25) is 0 Å². The molecule has 0 fully saturated rings. The molecule has 0 bridgehead atoms. The number of benzene rings is 3. The highest BCUT2D eigenvalue weighted by atomic mass is 79.9. The van der Waals surface area contributed by atoms with Crippen LogP contribution in [0.15, 0.2) is 59.1 Å². The smallest absolute Gasteiger partial charge is 0.132 e. The second kappa shape index (κ2) is 4.95. The fourth-order valence-corrected chi connectivity index (χ4v) is 3.02. The Labute approximate surface area is 124 Å². The van der Waals surface area contributed by atoms with Gasteiger partial charge < -0.3 is 0 Å². The van der Waals surface area contributed by atoms with Gasteiger partial charge in [-0.05, 0) is 50.5 Å². The van der Waals surface area contributed by atoms with Gasteiger partial charge in [0.15, 0.2) is 0 Å². The first-order chi connectivity index (χ1) is 9.16. The van der Waals surface area contributed by atoms with Crippen LogP contribution in [-0.4, -0.2) is 0 Å². The Bertz CT molecular complexity index is 768. The van der Waals surface area contributed by atoms with Gasteiger partial charge in [0.1, 0.15) is 5.82 Å². The number of hydrogen-bond acceptors (Lipinski definition) is 0. The van der Waals surface area contributed by atoms with Crippen molar-refractivity contribution < 1.29 is 4.39 Å². The Hall–Kier alpha value is -1.38. The lowest BCUT2D eigenvalue weighted by molar-refractivity contribution is 0.631. The molecule has 0 N–H and O–H groups in total. The molecule has 19 heavy (non-hydrogen) atoms. The fourth-order valence-electron chi connectivity index (χ4n) is 2.15. The van der Waals surface area contributed by atoms with E-state index in [-0.39, 0.29) is 5.82 Å². The highest BCUT2D eigenvalue weighted by molar-refractivity contribution is 9.10. The molecule has 3 aromatic rings. The highest BCUT2D eigenvalue weighted by Gasteiger charge is 2.11. The molecule has 0 aliphatic rings. The maximum atomic E-state index is 14.0. The molecule has 0 aliphatic carbocycles. The van der Waals surface area contributed by atoms with E-state index in [1.165, 1.54) is 6.07 Å². The average molecular weight is 336 g/mol. The van der Waals surface area contributed by atoms with Crippen molar-refractivity contribution in [2.75, 3.05) is 0 Å². The molecule has 0 saturated carbocycles. The highest BCUT2D eigenvalue weighted by Crippen LogP contribution is 2.36. The number of halogens is 3. The van der Waals surface area contributed by atoms with Crippen LogP contribution in [-0.2, 0) is 0 Å². The van der Waals surface area contributed by atoms with Crippen LogP contribution in [0.5, 0.6) is 0 Å². The van der Waals surface area contributed by atoms with Crippen molar-refractivity contribution in [2.45, 2.75) is 0 Å². The second-order valence-corrected chi connectivity index (χ2v) is 5.50. The lowest BCUT2D eigenvalue weighted by Gasteiger charge is -2.09. The minimum Gasteiger partial charge on any atom is -0.206 e. The fraction of sp³-hybridized carbons (Fsp3) is 0. The summed E-state index contributed by atoms with van der Waals surface area (Å²) >= 11 is 9.36.